The Morgan fingerprint density at radius 3 is 2.71 bits per heavy atom. The highest BCUT2D eigenvalue weighted by Crippen LogP contribution is 2.29. The Bertz CT molecular complexity index is 736. The number of carbonyl (C=O) groups excluding carboxylic acids is 1. The van der Waals surface area contributed by atoms with Gasteiger partial charge in [0.15, 0.2) is 0 Å². The van der Waals surface area contributed by atoms with Crippen molar-refractivity contribution in [1.29, 1.82) is 5.26 Å². The van der Waals surface area contributed by atoms with Crippen molar-refractivity contribution in [1.82, 2.24) is 0 Å². The van der Waals surface area contributed by atoms with Crippen LogP contribution >= 0.6 is 23.2 Å². The molecule has 21 heavy (non-hydrogen) atoms. The summed E-state index contributed by atoms with van der Waals surface area (Å²) in [7, 11) is 0. The Morgan fingerprint density at radius 2 is 2.05 bits per heavy atom. The van der Waals surface area contributed by atoms with Gasteiger partial charge in [0.2, 0.25) is 5.24 Å². The molecule has 5 heteroatoms. The van der Waals surface area contributed by atoms with E-state index >= 15 is 0 Å². The number of carbonyl (C=O) groups is 1. The molecule has 0 radical (unpaired) electrons. The lowest BCUT2D eigenvalue weighted by Crippen LogP contribution is -1.95. The van der Waals surface area contributed by atoms with Crippen LogP contribution in [-0.4, -0.2) is 5.24 Å². The predicted molar refractivity (Wildman–Crippen MR) is 82.0 cm³/mol. The molecule has 0 aliphatic rings. The van der Waals surface area contributed by atoms with E-state index in [-0.39, 0.29) is 6.42 Å². The summed E-state index contributed by atoms with van der Waals surface area (Å²) in [6, 6.07) is 12.2. The molecule has 0 saturated carbocycles. The van der Waals surface area contributed by atoms with Crippen LogP contribution in [0.2, 0.25) is 5.02 Å². The molecule has 0 spiro atoms. The van der Waals surface area contributed by atoms with Gasteiger partial charge in [-0.15, -0.1) is 0 Å². The van der Waals surface area contributed by atoms with Crippen molar-refractivity contribution in [2.24, 2.45) is 0 Å². The van der Waals surface area contributed by atoms with Crippen molar-refractivity contribution < 1.29 is 9.53 Å². The largest absolute Gasteiger partial charge is 0.457 e. The number of hydrogen-bond acceptors (Lipinski definition) is 3. The number of nitrogens with zero attached hydrogens (tertiary/aromatic N) is 1. The fraction of sp³-hybridized carbons (Fsp3) is 0.125. The van der Waals surface area contributed by atoms with Crippen molar-refractivity contribution in [2.75, 3.05) is 0 Å². The van der Waals surface area contributed by atoms with Gasteiger partial charge in [-0.25, -0.2) is 0 Å². The van der Waals surface area contributed by atoms with E-state index in [1.165, 1.54) is 0 Å². The third-order valence-corrected chi connectivity index (χ3v) is 3.18. The van der Waals surface area contributed by atoms with Gasteiger partial charge < -0.3 is 4.74 Å². The molecule has 0 heterocycles. The molecule has 0 amide bonds. The second-order valence-electron chi connectivity index (χ2n) is 4.52. The molecule has 106 valence electrons. The number of halogens is 2. The normalized spacial score (nSPS) is 10.0. The number of nitriles is 1. The van der Waals surface area contributed by atoms with Crippen LogP contribution in [0.15, 0.2) is 36.4 Å². The number of rotatable bonds is 4. The minimum absolute atomic E-state index is 0.136. The van der Waals surface area contributed by atoms with Gasteiger partial charge in [-0.1, -0.05) is 23.7 Å². The molecule has 0 saturated heterocycles. The van der Waals surface area contributed by atoms with E-state index in [1.54, 1.807) is 24.3 Å². The first-order valence-corrected chi connectivity index (χ1v) is 6.90. The minimum Gasteiger partial charge on any atom is -0.457 e. The van der Waals surface area contributed by atoms with Crippen LogP contribution in [0, 0.1) is 18.3 Å². The highest BCUT2D eigenvalue weighted by molar-refractivity contribution is 6.63. The molecule has 0 unspecified atom stereocenters. The van der Waals surface area contributed by atoms with Crippen LogP contribution in [0.4, 0.5) is 0 Å². The molecule has 2 aromatic carbocycles. The van der Waals surface area contributed by atoms with Crippen molar-refractivity contribution >= 4 is 28.4 Å². The number of hydrogen-bond donors (Lipinski definition) is 0. The Labute approximate surface area is 132 Å². The standard InChI is InChI=1S/C16H11Cl2NO2/c1-10-2-3-11(7-16(18)20)6-15(10)21-14-5-12(9-19)4-13(17)8-14/h2-6,8H,7H2,1H3. The highest BCUT2D eigenvalue weighted by Gasteiger charge is 2.07. The first-order valence-electron chi connectivity index (χ1n) is 6.14. The van der Waals surface area contributed by atoms with Gasteiger partial charge >= 0.3 is 0 Å². The smallest absolute Gasteiger partial charge is 0.226 e. The Hall–Kier alpha value is -2.02. The second-order valence-corrected chi connectivity index (χ2v) is 5.38. The first-order chi connectivity index (χ1) is 9.97. The second kappa shape index (κ2) is 6.62. The Balaban J connectivity index is 2.32. The average molecular weight is 320 g/mol. The fourth-order valence-electron chi connectivity index (χ4n) is 1.84. The third-order valence-electron chi connectivity index (χ3n) is 2.82. The molecule has 0 aliphatic carbocycles. The van der Waals surface area contributed by atoms with Gasteiger partial charge in [0.25, 0.3) is 0 Å². The first kappa shape index (κ1) is 15.4. The van der Waals surface area contributed by atoms with E-state index in [1.807, 2.05) is 25.1 Å². The topological polar surface area (TPSA) is 50.1 Å². The molecule has 2 rings (SSSR count). The molecular formula is C16H11Cl2NO2. The molecule has 0 N–H and O–H groups in total. The van der Waals surface area contributed by atoms with E-state index in [0.717, 1.165) is 11.1 Å². The van der Waals surface area contributed by atoms with Gasteiger partial charge in [-0.2, -0.15) is 5.26 Å². The molecular weight excluding hydrogens is 309 g/mol. The zero-order chi connectivity index (χ0) is 15.4. The van der Waals surface area contributed by atoms with E-state index < -0.39 is 5.24 Å². The molecule has 0 bridgehead atoms. The SMILES string of the molecule is Cc1ccc(CC(=O)Cl)cc1Oc1cc(Cl)cc(C#N)c1. The van der Waals surface area contributed by atoms with Crippen LogP contribution in [0.25, 0.3) is 0 Å². The monoisotopic (exact) mass is 319 g/mol. The summed E-state index contributed by atoms with van der Waals surface area (Å²) in [6.07, 6.45) is 0.136. The summed E-state index contributed by atoms with van der Waals surface area (Å²) in [4.78, 5) is 11.0. The quantitative estimate of drug-likeness (QED) is 0.772. The lowest BCUT2D eigenvalue weighted by molar-refractivity contribution is -0.111. The molecule has 2 aromatic rings. The maximum atomic E-state index is 11.0. The van der Waals surface area contributed by atoms with Crippen molar-refractivity contribution in [3.05, 3.63) is 58.1 Å². The van der Waals surface area contributed by atoms with Gasteiger partial charge in [0.1, 0.15) is 11.5 Å². The van der Waals surface area contributed by atoms with Crippen LogP contribution in [-0.2, 0) is 11.2 Å². The van der Waals surface area contributed by atoms with Crippen molar-refractivity contribution in [2.45, 2.75) is 13.3 Å². The zero-order valence-corrected chi connectivity index (χ0v) is 12.7. The summed E-state index contributed by atoms with van der Waals surface area (Å²) in [5.41, 5.74) is 2.08. The summed E-state index contributed by atoms with van der Waals surface area (Å²) in [5, 5.41) is 8.93. The van der Waals surface area contributed by atoms with Crippen LogP contribution < -0.4 is 4.74 Å². The maximum Gasteiger partial charge on any atom is 0.226 e. The van der Waals surface area contributed by atoms with E-state index in [9.17, 15) is 4.79 Å². The molecule has 0 fully saturated rings. The number of benzene rings is 2. The summed E-state index contributed by atoms with van der Waals surface area (Å²) in [6.45, 7) is 1.89. The van der Waals surface area contributed by atoms with Gasteiger partial charge in [0, 0.05) is 11.4 Å². The lowest BCUT2D eigenvalue weighted by atomic mass is 10.1. The third kappa shape index (κ3) is 4.22. The molecule has 0 aromatic heterocycles. The summed E-state index contributed by atoms with van der Waals surface area (Å²) in [5.74, 6) is 1.06. The van der Waals surface area contributed by atoms with Crippen molar-refractivity contribution in [3.8, 4) is 17.6 Å². The lowest BCUT2D eigenvalue weighted by Gasteiger charge is -2.11. The predicted octanol–water partition coefficient (Wildman–Crippen LogP) is 4.62. The van der Waals surface area contributed by atoms with Gasteiger partial charge in [-0.05, 0) is 53.9 Å². The maximum absolute atomic E-state index is 11.0. The van der Waals surface area contributed by atoms with Gasteiger partial charge in [-0.3, -0.25) is 4.79 Å². The highest BCUT2D eigenvalue weighted by atomic mass is 35.5. The van der Waals surface area contributed by atoms with Gasteiger partial charge in [0.05, 0.1) is 11.6 Å². The summed E-state index contributed by atoms with van der Waals surface area (Å²) >= 11 is 11.3. The molecule has 0 aliphatic heterocycles. The molecule has 0 atom stereocenters. The molecule has 3 nitrogen and oxygen atoms in total. The van der Waals surface area contributed by atoms with Crippen LogP contribution in [0.1, 0.15) is 16.7 Å². The number of aryl methyl sites for hydroxylation is 1. The minimum atomic E-state index is -0.431. The van der Waals surface area contributed by atoms with Crippen LogP contribution in [0.5, 0.6) is 11.5 Å². The summed E-state index contributed by atoms with van der Waals surface area (Å²) < 4.78 is 5.76. The van der Waals surface area contributed by atoms with E-state index in [2.05, 4.69) is 0 Å². The van der Waals surface area contributed by atoms with E-state index in [0.29, 0.717) is 22.1 Å². The number of ether oxygens (including phenoxy) is 1. The van der Waals surface area contributed by atoms with E-state index in [4.69, 9.17) is 33.2 Å². The zero-order valence-electron chi connectivity index (χ0n) is 11.2. The average Bonchev–Trinajstić information content (AvgIpc) is 2.41. The Kier molecular flexibility index (Phi) is 4.85. The van der Waals surface area contributed by atoms with Crippen molar-refractivity contribution in [3.63, 3.8) is 0 Å². The van der Waals surface area contributed by atoms with Crippen LogP contribution in [0.3, 0.4) is 0 Å². The fourth-order valence-corrected chi connectivity index (χ4v) is 2.22. The Morgan fingerprint density at radius 1 is 1.29 bits per heavy atom.